The van der Waals surface area contributed by atoms with Gasteiger partial charge in [0, 0.05) is 38.1 Å². The van der Waals surface area contributed by atoms with Gasteiger partial charge in [-0.05, 0) is 58.9 Å². The number of aliphatic hydroxyl groups is 1. The molecule has 164 valence electrons. The number of hydrogen-bond donors (Lipinski definition) is 3. The predicted octanol–water partition coefficient (Wildman–Crippen LogP) is 2.36. The fourth-order valence-corrected chi connectivity index (χ4v) is 3.19. The number of rotatable bonds is 10. The fourth-order valence-electron chi connectivity index (χ4n) is 3.19. The monoisotopic (exact) mass is 406 g/mol. The maximum Gasteiger partial charge on any atom is 0.265 e. The van der Waals surface area contributed by atoms with Crippen LogP contribution in [0.15, 0.2) is 40.3 Å². The Bertz CT molecular complexity index is 652. The van der Waals surface area contributed by atoms with Crippen molar-refractivity contribution in [1.29, 1.82) is 0 Å². The summed E-state index contributed by atoms with van der Waals surface area (Å²) in [5.41, 5.74) is 3.47. The lowest BCUT2D eigenvalue weighted by molar-refractivity contribution is -0.117. The molecule has 0 aliphatic carbocycles. The summed E-state index contributed by atoms with van der Waals surface area (Å²) in [6.45, 7) is 11.7. The standard InChI is InChI=1S/C22H38N4O3/c1-7-16(3)17(4)24-18(5)22(28)25-20-10-13-26(15-21(20)29-8-2)19(11-14-27)9-12-23-6/h9,11-12,20-21,23,27H,7-8,10,13-15H2,1-6H3,(H,25,28)/b12-9-,17-16+,19-11+,24-18?/t20?,21-/m0/s1. The molecule has 1 aliphatic rings. The second kappa shape index (κ2) is 13.2. The third-order valence-electron chi connectivity index (χ3n) is 5.15. The highest BCUT2D eigenvalue weighted by Crippen LogP contribution is 2.19. The quantitative estimate of drug-likeness (QED) is 0.383. The van der Waals surface area contributed by atoms with Gasteiger partial charge in [0.2, 0.25) is 0 Å². The van der Waals surface area contributed by atoms with Crippen molar-refractivity contribution in [2.75, 3.05) is 33.4 Å². The van der Waals surface area contributed by atoms with Gasteiger partial charge in [-0.15, -0.1) is 0 Å². The SMILES string of the molecule is CCO[C@H]1CN(C(/C=C\NC)=C/CO)CCC1NC(=O)C(C)=N/C(C)=C(\C)CC. The minimum Gasteiger partial charge on any atom is -0.394 e. The molecule has 1 unspecified atom stereocenters. The Morgan fingerprint density at radius 1 is 1.31 bits per heavy atom. The van der Waals surface area contributed by atoms with Crippen molar-refractivity contribution in [2.45, 2.75) is 59.6 Å². The normalized spacial score (nSPS) is 22.0. The Balaban J connectivity index is 2.88. The molecule has 0 aromatic carbocycles. The van der Waals surface area contributed by atoms with E-state index in [0.717, 1.165) is 30.8 Å². The van der Waals surface area contributed by atoms with Gasteiger partial charge in [0.05, 0.1) is 18.8 Å². The van der Waals surface area contributed by atoms with E-state index in [1.165, 1.54) is 5.57 Å². The van der Waals surface area contributed by atoms with Gasteiger partial charge in [-0.25, -0.2) is 0 Å². The van der Waals surface area contributed by atoms with E-state index in [-0.39, 0.29) is 24.7 Å². The molecule has 0 bridgehead atoms. The number of likely N-dealkylation sites (tertiary alicyclic amines) is 1. The molecular formula is C22H38N4O3. The van der Waals surface area contributed by atoms with Crippen LogP contribution in [0.5, 0.6) is 0 Å². The second-order valence-electron chi connectivity index (χ2n) is 7.16. The summed E-state index contributed by atoms with van der Waals surface area (Å²) in [5, 5.41) is 15.4. The van der Waals surface area contributed by atoms with Gasteiger partial charge in [-0.1, -0.05) is 12.5 Å². The number of nitrogens with one attached hydrogen (secondary N) is 2. The molecule has 3 N–H and O–H groups in total. The van der Waals surface area contributed by atoms with Gasteiger partial charge >= 0.3 is 0 Å². The number of carbonyl (C=O) groups is 1. The van der Waals surface area contributed by atoms with Crippen LogP contribution in [-0.4, -0.2) is 67.1 Å². The van der Waals surface area contributed by atoms with E-state index in [1.807, 2.05) is 40.1 Å². The number of allylic oxidation sites excluding steroid dienone is 3. The molecule has 7 nitrogen and oxygen atoms in total. The average Bonchev–Trinajstić information content (AvgIpc) is 2.71. The van der Waals surface area contributed by atoms with Crippen molar-refractivity contribution in [3.8, 4) is 0 Å². The van der Waals surface area contributed by atoms with E-state index in [2.05, 4.69) is 27.4 Å². The molecule has 1 saturated heterocycles. The first-order chi connectivity index (χ1) is 13.9. The van der Waals surface area contributed by atoms with Gasteiger partial charge in [0.25, 0.3) is 5.91 Å². The number of carbonyl (C=O) groups excluding carboxylic acids is 1. The van der Waals surface area contributed by atoms with E-state index in [4.69, 9.17) is 4.74 Å². The van der Waals surface area contributed by atoms with Gasteiger partial charge in [-0.3, -0.25) is 9.79 Å². The number of piperidine rings is 1. The van der Waals surface area contributed by atoms with Crippen LogP contribution in [0.2, 0.25) is 0 Å². The molecule has 1 fully saturated rings. The van der Waals surface area contributed by atoms with Gasteiger partial charge in [0.1, 0.15) is 5.71 Å². The summed E-state index contributed by atoms with van der Waals surface area (Å²) < 4.78 is 5.94. The smallest absolute Gasteiger partial charge is 0.265 e. The number of ether oxygens (including phenoxy) is 1. The number of aliphatic imine (C=N–C) groups is 1. The Hall–Kier alpha value is -2.12. The van der Waals surface area contributed by atoms with Crippen molar-refractivity contribution in [2.24, 2.45) is 4.99 Å². The van der Waals surface area contributed by atoms with Crippen LogP contribution in [0, 0.1) is 0 Å². The molecule has 1 rings (SSSR count). The highest BCUT2D eigenvalue weighted by Gasteiger charge is 2.31. The van der Waals surface area contributed by atoms with Crippen molar-refractivity contribution in [3.05, 3.63) is 35.3 Å². The zero-order chi connectivity index (χ0) is 21.8. The summed E-state index contributed by atoms with van der Waals surface area (Å²) in [7, 11) is 1.83. The second-order valence-corrected chi connectivity index (χ2v) is 7.16. The maximum absolute atomic E-state index is 12.7. The molecule has 0 aromatic heterocycles. The topological polar surface area (TPSA) is 86.2 Å². The lowest BCUT2D eigenvalue weighted by atomic mass is 10.0. The largest absolute Gasteiger partial charge is 0.394 e. The number of amides is 1. The number of aliphatic hydroxyl groups excluding tert-OH is 1. The molecular weight excluding hydrogens is 368 g/mol. The summed E-state index contributed by atoms with van der Waals surface area (Å²) in [5.74, 6) is -0.155. The van der Waals surface area contributed by atoms with E-state index in [9.17, 15) is 9.90 Å². The van der Waals surface area contributed by atoms with Crippen molar-refractivity contribution < 1.29 is 14.6 Å². The van der Waals surface area contributed by atoms with Crippen LogP contribution >= 0.6 is 0 Å². The molecule has 0 saturated carbocycles. The highest BCUT2D eigenvalue weighted by molar-refractivity contribution is 6.38. The van der Waals surface area contributed by atoms with E-state index in [1.54, 1.807) is 13.0 Å². The molecule has 1 heterocycles. The number of nitrogens with zero attached hydrogens (tertiary/aromatic N) is 2. The van der Waals surface area contributed by atoms with Gasteiger partial charge < -0.3 is 25.4 Å². The first kappa shape index (κ1) is 24.9. The zero-order valence-corrected chi connectivity index (χ0v) is 18.8. The summed E-state index contributed by atoms with van der Waals surface area (Å²) in [4.78, 5) is 19.3. The fraction of sp³-hybridized carbons (Fsp3) is 0.636. The van der Waals surface area contributed by atoms with E-state index in [0.29, 0.717) is 18.9 Å². The molecule has 1 amide bonds. The average molecular weight is 407 g/mol. The van der Waals surface area contributed by atoms with Gasteiger partial charge in [0.15, 0.2) is 0 Å². The molecule has 0 radical (unpaired) electrons. The molecule has 0 aromatic rings. The molecule has 7 heteroatoms. The molecule has 0 spiro atoms. The third-order valence-corrected chi connectivity index (χ3v) is 5.15. The van der Waals surface area contributed by atoms with Crippen LogP contribution in [0.4, 0.5) is 0 Å². The predicted molar refractivity (Wildman–Crippen MR) is 119 cm³/mol. The van der Waals surface area contributed by atoms with Crippen LogP contribution in [0.25, 0.3) is 0 Å². The first-order valence-corrected chi connectivity index (χ1v) is 10.4. The Morgan fingerprint density at radius 3 is 2.62 bits per heavy atom. The zero-order valence-electron chi connectivity index (χ0n) is 18.8. The Kier molecular flexibility index (Phi) is 11.3. The number of hydrogen-bond acceptors (Lipinski definition) is 6. The van der Waals surface area contributed by atoms with Crippen molar-refractivity contribution in [3.63, 3.8) is 0 Å². The summed E-state index contributed by atoms with van der Waals surface area (Å²) in [6, 6.07) is -0.0796. The van der Waals surface area contributed by atoms with E-state index < -0.39 is 0 Å². The maximum atomic E-state index is 12.7. The van der Waals surface area contributed by atoms with Crippen LogP contribution in [0.1, 0.15) is 47.5 Å². The van der Waals surface area contributed by atoms with Crippen LogP contribution in [0.3, 0.4) is 0 Å². The third kappa shape index (κ3) is 8.03. The first-order valence-electron chi connectivity index (χ1n) is 10.4. The summed E-state index contributed by atoms with van der Waals surface area (Å²) >= 11 is 0. The van der Waals surface area contributed by atoms with Crippen molar-refractivity contribution >= 4 is 11.6 Å². The molecule has 1 aliphatic heterocycles. The summed E-state index contributed by atoms with van der Waals surface area (Å²) in [6.07, 6.45) is 7.07. The lowest BCUT2D eigenvalue weighted by Crippen LogP contribution is -2.55. The molecule has 29 heavy (non-hydrogen) atoms. The highest BCUT2D eigenvalue weighted by atomic mass is 16.5. The van der Waals surface area contributed by atoms with Crippen LogP contribution in [-0.2, 0) is 9.53 Å². The minimum atomic E-state index is -0.155. The Morgan fingerprint density at radius 2 is 2.03 bits per heavy atom. The minimum absolute atomic E-state index is 0.0287. The van der Waals surface area contributed by atoms with Crippen LogP contribution < -0.4 is 10.6 Å². The Labute approximate surface area is 175 Å². The lowest BCUT2D eigenvalue weighted by Gasteiger charge is -2.40. The van der Waals surface area contributed by atoms with E-state index >= 15 is 0 Å². The molecule has 2 atom stereocenters. The van der Waals surface area contributed by atoms with Gasteiger partial charge in [-0.2, -0.15) is 0 Å². The van der Waals surface area contributed by atoms with Crippen molar-refractivity contribution in [1.82, 2.24) is 15.5 Å².